The van der Waals surface area contributed by atoms with Gasteiger partial charge in [0.15, 0.2) is 23.9 Å². The van der Waals surface area contributed by atoms with Crippen LogP contribution in [0.25, 0.3) is 11.2 Å². The molecule has 2 aliphatic heterocycles. The number of rotatable bonds is 9. The largest absolute Gasteiger partial charge is 0.472 e. The second-order valence-corrected chi connectivity index (χ2v) is 10.4. The molecule has 1 unspecified atom stereocenters. The molecule has 0 radical (unpaired) electrons. The predicted octanol–water partition coefficient (Wildman–Crippen LogP) is -2.92. The van der Waals surface area contributed by atoms with Crippen LogP contribution in [0.15, 0.2) is 29.7 Å². The predicted molar refractivity (Wildman–Crippen MR) is 131 cm³/mol. The van der Waals surface area contributed by atoms with Gasteiger partial charge < -0.3 is 45.8 Å². The number of phosphoric acid groups is 1. The first kappa shape index (κ1) is 28.4. The molecule has 5 heterocycles. The maximum absolute atomic E-state index is 12.8. The molecule has 2 aliphatic rings. The highest BCUT2D eigenvalue weighted by atomic mass is 31.2. The average molecular weight is 586 g/mol. The molecule has 0 spiro atoms. The molecule has 9 atom stereocenters. The van der Waals surface area contributed by atoms with E-state index in [1.54, 1.807) is 7.05 Å². The Kier molecular flexibility index (Phi) is 7.86. The number of hydrogen-bond donors (Lipinski definition) is 7. The fourth-order valence-corrected chi connectivity index (χ4v) is 5.48. The molecule has 0 aromatic carbocycles. The van der Waals surface area contributed by atoms with Crippen LogP contribution in [0, 0.1) is 0 Å². The van der Waals surface area contributed by atoms with Gasteiger partial charge in [-0.15, -0.1) is 0 Å². The number of aliphatic hydroxyl groups excluding tert-OH is 4. The maximum atomic E-state index is 12.8. The highest BCUT2D eigenvalue weighted by Gasteiger charge is 2.50. The number of ether oxygens (including phenoxy) is 2. The number of aliphatic hydroxyl groups is 4. The minimum atomic E-state index is -4.98. The van der Waals surface area contributed by atoms with Gasteiger partial charge in [-0.05, 0) is 6.07 Å². The van der Waals surface area contributed by atoms with Crippen molar-refractivity contribution >= 4 is 30.6 Å². The first-order chi connectivity index (χ1) is 19.0. The van der Waals surface area contributed by atoms with Gasteiger partial charge in [-0.25, -0.2) is 24.3 Å². The van der Waals surface area contributed by atoms with Gasteiger partial charge in [-0.3, -0.25) is 18.2 Å². The van der Waals surface area contributed by atoms with Crippen molar-refractivity contribution in [1.29, 1.82) is 0 Å². The Morgan fingerprint density at radius 3 is 2.52 bits per heavy atom. The Balaban J connectivity index is 1.27. The lowest BCUT2D eigenvalue weighted by molar-refractivity contribution is -0.0609. The number of anilines is 2. The van der Waals surface area contributed by atoms with Crippen molar-refractivity contribution in [3.63, 3.8) is 0 Å². The van der Waals surface area contributed by atoms with Crippen LogP contribution in [0.1, 0.15) is 12.5 Å². The Labute approximate surface area is 224 Å². The fourth-order valence-electron chi connectivity index (χ4n) is 4.52. The van der Waals surface area contributed by atoms with Gasteiger partial charge >= 0.3 is 13.5 Å². The summed E-state index contributed by atoms with van der Waals surface area (Å²) in [6.07, 6.45) is -7.78. The van der Waals surface area contributed by atoms with Gasteiger partial charge in [0, 0.05) is 13.2 Å². The van der Waals surface area contributed by atoms with Crippen molar-refractivity contribution in [2.45, 2.75) is 49.1 Å². The quantitative estimate of drug-likeness (QED) is 0.124. The second kappa shape index (κ2) is 11.1. The van der Waals surface area contributed by atoms with Crippen LogP contribution < -0.4 is 16.7 Å². The van der Waals surface area contributed by atoms with Crippen molar-refractivity contribution in [2.75, 3.05) is 31.3 Å². The van der Waals surface area contributed by atoms with Crippen molar-refractivity contribution in [1.82, 2.24) is 29.1 Å². The first-order valence-electron chi connectivity index (χ1n) is 11.9. The lowest BCUT2D eigenvalue weighted by atomic mass is 10.1. The smallest absolute Gasteiger partial charge is 0.394 e. The molecule has 0 aliphatic carbocycles. The molecule has 8 N–H and O–H groups in total. The van der Waals surface area contributed by atoms with Crippen molar-refractivity contribution in [2.24, 2.45) is 0 Å². The van der Waals surface area contributed by atoms with Crippen LogP contribution in [-0.2, 0) is 23.1 Å². The average Bonchev–Trinajstić information content (AvgIpc) is 3.57. The second-order valence-electron chi connectivity index (χ2n) is 8.96. The van der Waals surface area contributed by atoms with Crippen molar-refractivity contribution in [3.05, 3.63) is 35.4 Å². The standard InChI is InChI=1S/C20H27N8O11P/c1-22-16-11-17(24-6-23-16)28(7-25-11)19-14(32)15(8(4-29)37-19)39-40(34,35)36-5-9-12(30)13(31)18(38-9)27-3-2-10(21)26-20(27)33/h2-3,6-9,12-15,18-19,29-32H,4-5H2,1H3,(H,34,35)(H2,21,26,33)(H,22,23,24)/t8-,9-,12-,13-,14-,15-,18-,19-/m1/s1. The van der Waals surface area contributed by atoms with E-state index in [1.807, 2.05) is 0 Å². The number of nitrogens with zero attached hydrogens (tertiary/aromatic N) is 6. The normalized spacial score (nSPS) is 31.9. The van der Waals surface area contributed by atoms with Crippen LogP contribution in [0.5, 0.6) is 0 Å². The zero-order valence-corrected chi connectivity index (χ0v) is 21.6. The van der Waals surface area contributed by atoms with Gasteiger partial charge in [-0.2, -0.15) is 4.98 Å². The Morgan fingerprint density at radius 2 is 1.82 bits per heavy atom. The molecule has 218 valence electrons. The van der Waals surface area contributed by atoms with E-state index in [1.165, 1.54) is 29.5 Å². The van der Waals surface area contributed by atoms with Gasteiger partial charge in [0.1, 0.15) is 54.3 Å². The minimum Gasteiger partial charge on any atom is -0.394 e. The van der Waals surface area contributed by atoms with E-state index in [0.29, 0.717) is 11.3 Å². The summed E-state index contributed by atoms with van der Waals surface area (Å²) < 4.78 is 36.3. The monoisotopic (exact) mass is 586 g/mol. The first-order valence-corrected chi connectivity index (χ1v) is 13.4. The number of fused-ring (bicyclic) bond motifs is 1. The maximum Gasteiger partial charge on any atom is 0.472 e. The third-order valence-electron chi connectivity index (χ3n) is 6.48. The number of nitrogen functional groups attached to an aromatic ring is 1. The number of hydrogen-bond acceptors (Lipinski definition) is 16. The molecule has 2 saturated heterocycles. The number of phosphoric ester groups is 1. The molecule has 5 rings (SSSR count). The highest BCUT2D eigenvalue weighted by Crippen LogP contribution is 2.49. The Morgan fingerprint density at radius 1 is 1.10 bits per heavy atom. The minimum absolute atomic E-state index is 0.0637. The van der Waals surface area contributed by atoms with E-state index >= 15 is 0 Å². The van der Waals surface area contributed by atoms with Crippen LogP contribution in [0.2, 0.25) is 0 Å². The zero-order chi connectivity index (χ0) is 28.8. The SMILES string of the molecule is CNc1ncnc2c1ncn2[C@@H]1O[C@H](CO)[C@@H](OP(=O)(O)OC[C@H]2O[C@@H](n3ccc(N)nc3=O)[C@H](O)[C@@H]2O)[C@H]1O. The molecule has 0 bridgehead atoms. The van der Waals surface area contributed by atoms with E-state index in [9.17, 15) is 34.7 Å². The Hall–Kier alpha value is -3.10. The summed E-state index contributed by atoms with van der Waals surface area (Å²) in [4.78, 5) is 38.4. The van der Waals surface area contributed by atoms with Gasteiger partial charge in [0.2, 0.25) is 0 Å². The van der Waals surface area contributed by atoms with E-state index in [4.69, 9.17) is 24.3 Å². The summed E-state index contributed by atoms with van der Waals surface area (Å²) in [5, 5.41) is 44.3. The lowest BCUT2D eigenvalue weighted by Gasteiger charge is -2.23. The summed E-state index contributed by atoms with van der Waals surface area (Å²) in [7, 11) is -3.35. The molecule has 2 fully saturated rings. The lowest BCUT2D eigenvalue weighted by Crippen LogP contribution is -2.37. The highest BCUT2D eigenvalue weighted by molar-refractivity contribution is 7.47. The summed E-state index contributed by atoms with van der Waals surface area (Å²) in [6, 6.07) is 1.28. The van der Waals surface area contributed by atoms with Crippen molar-refractivity contribution < 1.29 is 48.4 Å². The molecule has 0 amide bonds. The van der Waals surface area contributed by atoms with E-state index in [-0.39, 0.29) is 11.5 Å². The zero-order valence-electron chi connectivity index (χ0n) is 20.7. The number of nitrogens with two attached hydrogens (primary N) is 1. The summed E-state index contributed by atoms with van der Waals surface area (Å²) >= 11 is 0. The van der Waals surface area contributed by atoms with E-state index in [2.05, 4.69) is 25.3 Å². The van der Waals surface area contributed by atoms with E-state index in [0.717, 1.165) is 4.57 Å². The molecule has 3 aromatic heterocycles. The van der Waals surface area contributed by atoms with Crippen LogP contribution in [-0.4, -0.2) is 111 Å². The van der Waals surface area contributed by atoms with Gasteiger partial charge in [0.05, 0.1) is 19.5 Å². The van der Waals surface area contributed by atoms with Crippen LogP contribution in [0.3, 0.4) is 0 Å². The van der Waals surface area contributed by atoms with E-state index < -0.39 is 75.8 Å². The molecule has 0 saturated carbocycles. The third-order valence-corrected chi connectivity index (χ3v) is 7.46. The summed E-state index contributed by atoms with van der Waals surface area (Å²) in [5.41, 5.74) is 5.25. The molecule has 40 heavy (non-hydrogen) atoms. The molecule has 19 nitrogen and oxygen atoms in total. The van der Waals surface area contributed by atoms with Crippen molar-refractivity contribution in [3.8, 4) is 0 Å². The number of nitrogens with one attached hydrogen (secondary N) is 1. The number of imidazole rings is 1. The van der Waals surface area contributed by atoms with Gasteiger partial charge in [0.25, 0.3) is 0 Å². The molecule has 3 aromatic rings. The summed E-state index contributed by atoms with van der Waals surface area (Å²) in [6.45, 7) is -1.45. The van der Waals surface area contributed by atoms with Crippen LogP contribution in [0.4, 0.5) is 11.6 Å². The molecule has 20 heteroatoms. The number of aromatic nitrogens is 6. The molecular formula is C20H27N8O11P. The summed E-state index contributed by atoms with van der Waals surface area (Å²) in [5.74, 6) is 0.350. The topological polar surface area (TPSA) is 272 Å². The van der Waals surface area contributed by atoms with Gasteiger partial charge in [-0.1, -0.05) is 0 Å². The third kappa shape index (κ3) is 5.19. The van der Waals surface area contributed by atoms with Crippen LogP contribution >= 0.6 is 7.82 Å². The Bertz CT molecular complexity index is 1470. The fraction of sp³-hybridized carbons (Fsp3) is 0.550. The molecular weight excluding hydrogens is 559 g/mol.